The smallest absolute Gasteiger partial charge is 0.284 e. The van der Waals surface area contributed by atoms with Gasteiger partial charge in [0.15, 0.2) is 5.84 Å². The molecule has 0 aromatic heterocycles. The summed E-state index contributed by atoms with van der Waals surface area (Å²) in [5, 5.41) is 0. The highest BCUT2D eigenvalue weighted by atomic mass is 16.3. The van der Waals surface area contributed by atoms with Gasteiger partial charge in [-0.05, 0) is 6.07 Å². The van der Waals surface area contributed by atoms with Gasteiger partial charge in [-0.25, -0.2) is 4.99 Å². The van der Waals surface area contributed by atoms with Crippen LogP contribution in [0.5, 0.6) is 0 Å². The van der Waals surface area contributed by atoms with E-state index in [1.54, 1.807) is 31.3 Å². The molecule has 5 heteroatoms. The minimum atomic E-state index is -0.507. The van der Waals surface area contributed by atoms with Crippen molar-refractivity contribution in [3.8, 4) is 0 Å². The molecule has 5 nitrogen and oxygen atoms in total. The van der Waals surface area contributed by atoms with E-state index in [1.165, 1.54) is 11.0 Å². The molecule has 3 rings (SSSR count). The lowest BCUT2D eigenvalue weighted by atomic mass is 10.1. The molecule has 0 saturated carbocycles. The van der Waals surface area contributed by atoms with Gasteiger partial charge >= 0.3 is 0 Å². The lowest BCUT2D eigenvalue weighted by Gasteiger charge is -2.24. The summed E-state index contributed by atoms with van der Waals surface area (Å²) in [6, 6.07) is 6.60. The lowest BCUT2D eigenvalue weighted by Crippen LogP contribution is -2.46. The standard InChI is InChI=1S/C12H10N3O2/c1-14-11(16)7-6-10-12(14)13-8-4-2-3-5-9(8)15(10)17/h2-7,10H,1H3/q+1. The molecule has 17 heavy (non-hydrogen) atoms. The van der Waals surface area contributed by atoms with Crippen LogP contribution in [0.3, 0.4) is 0 Å². The van der Waals surface area contributed by atoms with E-state index >= 15 is 0 Å². The molecule has 1 unspecified atom stereocenters. The summed E-state index contributed by atoms with van der Waals surface area (Å²) in [6.45, 7) is 0. The largest absolute Gasteiger partial charge is 0.294 e. The lowest BCUT2D eigenvalue weighted by molar-refractivity contribution is -0.475. The number of carbonyl (C=O) groups is 1. The van der Waals surface area contributed by atoms with E-state index in [1.807, 2.05) is 6.07 Å². The summed E-state index contributed by atoms with van der Waals surface area (Å²) in [7, 11) is 1.62. The van der Waals surface area contributed by atoms with Crippen LogP contribution < -0.4 is 0 Å². The van der Waals surface area contributed by atoms with Gasteiger partial charge in [-0.2, -0.15) is 0 Å². The fourth-order valence-corrected chi connectivity index (χ4v) is 2.03. The van der Waals surface area contributed by atoms with E-state index in [0.717, 1.165) is 4.76 Å². The summed E-state index contributed by atoms with van der Waals surface area (Å²) >= 11 is 0. The van der Waals surface area contributed by atoms with Crippen molar-refractivity contribution in [3.63, 3.8) is 0 Å². The molecule has 0 aliphatic carbocycles. The molecule has 0 N–H and O–H groups in total. The molecule has 1 aromatic carbocycles. The van der Waals surface area contributed by atoms with Gasteiger partial charge in [0.05, 0.1) is 4.76 Å². The topological polar surface area (TPSA) is 52.8 Å². The Kier molecular flexibility index (Phi) is 1.95. The molecule has 2 aliphatic heterocycles. The van der Waals surface area contributed by atoms with E-state index in [4.69, 9.17) is 0 Å². The quantitative estimate of drug-likeness (QED) is 0.632. The molecule has 2 heterocycles. The predicted octanol–water partition coefficient (Wildman–Crippen LogP) is 1.54. The number of rotatable bonds is 0. The Morgan fingerprint density at radius 1 is 1.35 bits per heavy atom. The first-order chi connectivity index (χ1) is 8.18. The summed E-state index contributed by atoms with van der Waals surface area (Å²) in [4.78, 5) is 29.4. The van der Waals surface area contributed by atoms with Crippen molar-refractivity contribution in [1.29, 1.82) is 0 Å². The number of amidine groups is 1. The highest BCUT2D eigenvalue weighted by Crippen LogP contribution is 2.34. The fraction of sp³-hybridized carbons (Fsp3) is 0.167. The Morgan fingerprint density at radius 3 is 2.94 bits per heavy atom. The van der Waals surface area contributed by atoms with Crippen molar-refractivity contribution in [3.05, 3.63) is 41.3 Å². The number of hydrogen-bond acceptors (Lipinski definition) is 3. The van der Waals surface area contributed by atoms with Crippen molar-refractivity contribution in [2.24, 2.45) is 4.99 Å². The van der Waals surface area contributed by atoms with Gasteiger partial charge < -0.3 is 0 Å². The molecular formula is C12H10N3O2+. The van der Waals surface area contributed by atoms with Crippen LogP contribution in [0.4, 0.5) is 11.4 Å². The molecule has 84 valence electrons. The Labute approximate surface area is 97.6 Å². The minimum Gasteiger partial charge on any atom is -0.294 e. The summed E-state index contributed by atoms with van der Waals surface area (Å²) in [5.74, 6) is 0.319. The van der Waals surface area contributed by atoms with Crippen LogP contribution in [0.15, 0.2) is 41.4 Å². The van der Waals surface area contributed by atoms with Gasteiger partial charge in [-0.15, -0.1) is 0 Å². The number of fused-ring (bicyclic) bond motifs is 2. The fourth-order valence-electron chi connectivity index (χ4n) is 2.03. The van der Waals surface area contributed by atoms with E-state index in [9.17, 15) is 9.70 Å². The number of nitroso groups, excluding NO2 is 1. The molecule has 0 fully saturated rings. The number of carbonyl (C=O) groups excluding carboxylic acids is 1. The first-order valence-corrected chi connectivity index (χ1v) is 5.28. The number of amides is 1. The molecule has 1 atom stereocenters. The van der Waals surface area contributed by atoms with E-state index in [2.05, 4.69) is 4.99 Å². The first-order valence-electron chi connectivity index (χ1n) is 5.28. The zero-order chi connectivity index (χ0) is 12.0. The normalized spacial score (nSPS) is 22.1. The Morgan fingerprint density at radius 2 is 2.12 bits per heavy atom. The third kappa shape index (κ3) is 1.32. The second kappa shape index (κ2) is 3.35. The van der Waals surface area contributed by atoms with Crippen molar-refractivity contribution in [2.75, 3.05) is 7.05 Å². The summed E-state index contributed by atoms with van der Waals surface area (Å²) < 4.78 is 0.886. The van der Waals surface area contributed by atoms with Crippen LogP contribution in [0.1, 0.15) is 0 Å². The van der Waals surface area contributed by atoms with Crippen LogP contribution in [-0.4, -0.2) is 34.5 Å². The second-order valence-electron chi connectivity index (χ2n) is 3.99. The van der Waals surface area contributed by atoms with Gasteiger partial charge in [0.1, 0.15) is 5.69 Å². The van der Waals surface area contributed by atoms with Crippen molar-refractivity contribution in [2.45, 2.75) is 6.04 Å². The number of hydrogen-bond donors (Lipinski definition) is 0. The monoisotopic (exact) mass is 228 g/mol. The van der Waals surface area contributed by atoms with Crippen LogP contribution in [-0.2, 0) is 4.79 Å². The molecule has 1 aromatic rings. The van der Waals surface area contributed by atoms with E-state index in [0.29, 0.717) is 17.2 Å². The van der Waals surface area contributed by atoms with E-state index in [-0.39, 0.29) is 5.91 Å². The molecule has 0 bridgehead atoms. The Balaban J connectivity index is 2.21. The zero-order valence-corrected chi connectivity index (χ0v) is 9.20. The zero-order valence-electron chi connectivity index (χ0n) is 9.20. The van der Waals surface area contributed by atoms with Crippen LogP contribution >= 0.6 is 0 Å². The molecular weight excluding hydrogens is 218 g/mol. The van der Waals surface area contributed by atoms with Crippen LogP contribution in [0, 0.1) is 4.91 Å². The number of para-hydroxylation sites is 2. The van der Waals surface area contributed by atoms with Gasteiger partial charge in [0.2, 0.25) is 0 Å². The number of likely N-dealkylation sites (N-methyl/N-ethyl adjacent to an activating group) is 1. The average Bonchev–Trinajstić information content (AvgIpc) is 2.35. The van der Waals surface area contributed by atoms with Crippen LogP contribution in [0.2, 0.25) is 0 Å². The molecule has 0 radical (unpaired) electrons. The average molecular weight is 228 g/mol. The number of benzene rings is 1. The molecule has 0 saturated heterocycles. The molecule has 2 aliphatic rings. The summed E-state index contributed by atoms with van der Waals surface area (Å²) in [5.41, 5.74) is 1.14. The van der Waals surface area contributed by atoms with Gasteiger partial charge in [0, 0.05) is 30.2 Å². The minimum absolute atomic E-state index is 0.159. The maximum atomic E-state index is 12.1. The predicted molar refractivity (Wildman–Crippen MR) is 62.5 cm³/mol. The molecule has 1 amide bonds. The molecule has 0 spiro atoms. The highest BCUT2D eigenvalue weighted by molar-refractivity contribution is 6.09. The van der Waals surface area contributed by atoms with Crippen molar-refractivity contribution >= 4 is 23.1 Å². The highest BCUT2D eigenvalue weighted by Gasteiger charge is 2.42. The number of nitrogens with zero attached hydrogens (tertiary/aromatic N) is 3. The maximum absolute atomic E-state index is 12.1. The Hall–Kier alpha value is -2.30. The summed E-state index contributed by atoms with van der Waals surface area (Å²) in [6.07, 6.45) is 2.99. The third-order valence-corrected chi connectivity index (χ3v) is 2.97. The number of aliphatic imine (C=N–C) groups is 1. The van der Waals surface area contributed by atoms with Gasteiger partial charge in [-0.3, -0.25) is 9.69 Å². The third-order valence-electron chi connectivity index (χ3n) is 2.97. The van der Waals surface area contributed by atoms with Gasteiger partial charge in [-0.1, -0.05) is 12.1 Å². The van der Waals surface area contributed by atoms with Gasteiger partial charge in [0.25, 0.3) is 17.6 Å². The SMILES string of the molecule is CN1C(=O)C=CC2C1=Nc1ccccc1[N+]2=O. The first kappa shape index (κ1) is 9.89. The van der Waals surface area contributed by atoms with E-state index < -0.39 is 6.04 Å². The Bertz CT molecular complexity index is 589. The van der Waals surface area contributed by atoms with Crippen molar-refractivity contribution < 1.29 is 9.55 Å². The van der Waals surface area contributed by atoms with Crippen molar-refractivity contribution in [1.82, 2.24) is 4.90 Å². The second-order valence-corrected chi connectivity index (χ2v) is 3.99. The van der Waals surface area contributed by atoms with Crippen LogP contribution in [0.25, 0.3) is 0 Å². The maximum Gasteiger partial charge on any atom is 0.284 e.